The SMILES string of the molecule is C=CC(=O)OCC(O)CO.CCC[Si](C)(C)O[Si](C)(C)C. The van der Waals surface area contributed by atoms with Crippen LogP contribution in [0, 0.1) is 0 Å². The molecule has 0 aliphatic rings. The van der Waals surface area contributed by atoms with Crippen LogP contribution in [0.5, 0.6) is 0 Å². The smallest absolute Gasteiger partial charge is 0.330 e. The van der Waals surface area contributed by atoms with E-state index in [1.165, 1.54) is 12.5 Å². The Morgan fingerprint density at radius 3 is 2.14 bits per heavy atom. The molecule has 7 heteroatoms. The molecular weight excluding hydrogens is 304 g/mol. The van der Waals surface area contributed by atoms with Crippen LogP contribution in [0.25, 0.3) is 0 Å². The molecule has 0 radical (unpaired) electrons. The van der Waals surface area contributed by atoms with E-state index in [9.17, 15) is 4.79 Å². The second-order valence-corrected chi connectivity index (χ2v) is 15.5. The van der Waals surface area contributed by atoms with Crippen LogP contribution in [0.1, 0.15) is 13.3 Å². The normalized spacial score (nSPS) is 13.0. The average molecular weight is 337 g/mol. The summed E-state index contributed by atoms with van der Waals surface area (Å²) in [5.74, 6) is -0.604. The zero-order valence-electron chi connectivity index (χ0n) is 14.3. The van der Waals surface area contributed by atoms with Gasteiger partial charge in [-0.2, -0.15) is 0 Å². The van der Waals surface area contributed by atoms with Crippen molar-refractivity contribution in [2.75, 3.05) is 13.2 Å². The first kappa shape index (κ1) is 22.8. The molecular formula is C14H32O5Si2. The molecule has 2 N–H and O–H groups in total. The third-order valence-electron chi connectivity index (χ3n) is 2.23. The largest absolute Gasteiger partial charge is 0.460 e. The van der Waals surface area contributed by atoms with Gasteiger partial charge in [0.15, 0.2) is 16.6 Å². The van der Waals surface area contributed by atoms with Crippen LogP contribution >= 0.6 is 0 Å². The third-order valence-corrected chi connectivity index (χ3v) is 8.59. The van der Waals surface area contributed by atoms with Gasteiger partial charge in [-0.3, -0.25) is 0 Å². The molecule has 0 amide bonds. The molecule has 0 aromatic rings. The molecule has 0 fully saturated rings. The minimum absolute atomic E-state index is 0.193. The fraction of sp³-hybridized carbons (Fsp3) is 0.786. The Morgan fingerprint density at radius 1 is 1.29 bits per heavy atom. The predicted octanol–water partition coefficient (Wildman–Crippen LogP) is 2.52. The summed E-state index contributed by atoms with van der Waals surface area (Å²) in [7, 11) is -2.55. The number of carbonyl (C=O) groups is 1. The maximum atomic E-state index is 10.3. The highest BCUT2D eigenvalue weighted by molar-refractivity contribution is 6.84. The molecule has 0 aliphatic carbocycles. The minimum atomic E-state index is -1.28. The van der Waals surface area contributed by atoms with Crippen LogP contribution < -0.4 is 0 Å². The van der Waals surface area contributed by atoms with Crippen molar-refractivity contribution in [3.8, 4) is 0 Å². The fourth-order valence-corrected chi connectivity index (χ4v) is 10.0. The van der Waals surface area contributed by atoms with Crippen molar-refractivity contribution in [1.29, 1.82) is 0 Å². The van der Waals surface area contributed by atoms with Gasteiger partial charge in [-0.05, 0) is 38.8 Å². The lowest BCUT2D eigenvalue weighted by Crippen LogP contribution is -2.41. The Morgan fingerprint density at radius 2 is 1.81 bits per heavy atom. The lowest BCUT2D eigenvalue weighted by Gasteiger charge is -2.31. The second kappa shape index (κ2) is 11.1. The predicted molar refractivity (Wildman–Crippen MR) is 91.3 cm³/mol. The van der Waals surface area contributed by atoms with Crippen LogP contribution in [0.2, 0.25) is 38.8 Å². The van der Waals surface area contributed by atoms with Gasteiger partial charge in [0.25, 0.3) is 0 Å². The number of hydrogen-bond donors (Lipinski definition) is 2. The summed E-state index contributed by atoms with van der Waals surface area (Å²) in [5.41, 5.74) is 0. The highest BCUT2D eigenvalue weighted by atomic mass is 28.4. The van der Waals surface area contributed by atoms with Gasteiger partial charge in [-0.1, -0.05) is 19.9 Å². The molecule has 0 rings (SSSR count). The quantitative estimate of drug-likeness (QED) is 0.405. The first-order valence-electron chi connectivity index (χ1n) is 7.25. The van der Waals surface area contributed by atoms with Gasteiger partial charge in [0, 0.05) is 6.08 Å². The third kappa shape index (κ3) is 17.5. The number of esters is 1. The van der Waals surface area contributed by atoms with Crippen molar-refractivity contribution >= 4 is 22.6 Å². The maximum absolute atomic E-state index is 10.3. The van der Waals surface area contributed by atoms with Crippen molar-refractivity contribution in [3.63, 3.8) is 0 Å². The summed E-state index contributed by atoms with van der Waals surface area (Å²) in [5, 5.41) is 16.9. The van der Waals surface area contributed by atoms with Crippen molar-refractivity contribution in [1.82, 2.24) is 0 Å². The van der Waals surface area contributed by atoms with E-state index in [1.807, 2.05) is 0 Å². The number of aliphatic hydroxyl groups excluding tert-OH is 2. The molecule has 0 aromatic carbocycles. The molecule has 0 saturated heterocycles. The molecule has 0 spiro atoms. The molecule has 0 heterocycles. The van der Waals surface area contributed by atoms with Gasteiger partial charge in [0.1, 0.15) is 12.7 Å². The van der Waals surface area contributed by atoms with E-state index in [4.69, 9.17) is 14.3 Å². The standard InChI is InChI=1S/C8H22OSi2.C6H10O4/c1-7-8-11(5,6)9-10(2,3)4;1-2-6(9)10-4-5(8)3-7/h7-8H2,1-6H3;2,5,7-8H,1,3-4H2. The van der Waals surface area contributed by atoms with E-state index >= 15 is 0 Å². The van der Waals surface area contributed by atoms with Crippen LogP contribution in [-0.4, -0.2) is 52.1 Å². The monoisotopic (exact) mass is 336 g/mol. The summed E-state index contributed by atoms with van der Waals surface area (Å²) in [4.78, 5) is 10.3. The van der Waals surface area contributed by atoms with E-state index in [0.29, 0.717) is 0 Å². The molecule has 5 nitrogen and oxygen atoms in total. The number of rotatable bonds is 8. The maximum Gasteiger partial charge on any atom is 0.330 e. The fourth-order valence-electron chi connectivity index (χ4n) is 1.77. The lowest BCUT2D eigenvalue weighted by molar-refractivity contribution is -0.141. The Kier molecular flexibility index (Phi) is 12.1. The van der Waals surface area contributed by atoms with Crippen molar-refractivity contribution in [3.05, 3.63) is 12.7 Å². The summed E-state index contributed by atoms with van der Waals surface area (Å²) in [6, 6.07) is 1.30. The van der Waals surface area contributed by atoms with Gasteiger partial charge >= 0.3 is 5.97 Å². The Labute approximate surface area is 131 Å². The van der Waals surface area contributed by atoms with Gasteiger partial charge < -0.3 is 19.1 Å². The van der Waals surface area contributed by atoms with Gasteiger partial charge in [-0.15, -0.1) is 0 Å². The first-order chi connectivity index (χ1) is 9.47. The summed E-state index contributed by atoms with van der Waals surface area (Å²) in [6.07, 6.45) is 1.26. The van der Waals surface area contributed by atoms with Crippen LogP contribution in [0.3, 0.4) is 0 Å². The highest BCUT2D eigenvalue weighted by Crippen LogP contribution is 2.19. The molecule has 126 valence electrons. The Bertz CT molecular complexity index is 300. The molecule has 0 aliphatic heterocycles. The number of hydrogen-bond acceptors (Lipinski definition) is 5. The minimum Gasteiger partial charge on any atom is -0.460 e. The lowest BCUT2D eigenvalue weighted by atomic mass is 10.4. The van der Waals surface area contributed by atoms with Gasteiger partial charge in [0.2, 0.25) is 0 Å². The van der Waals surface area contributed by atoms with E-state index in [-0.39, 0.29) is 6.61 Å². The average Bonchev–Trinajstić information content (AvgIpc) is 2.33. The van der Waals surface area contributed by atoms with Crippen molar-refractivity contribution in [2.45, 2.75) is 58.2 Å². The molecule has 0 bridgehead atoms. The van der Waals surface area contributed by atoms with E-state index in [2.05, 4.69) is 51.0 Å². The summed E-state index contributed by atoms with van der Waals surface area (Å²) in [6.45, 7) is 16.3. The van der Waals surface area contributed by atoms with Gasteiger partial charge in [0.05, 0.1) is 6.61 Å². The molecule has 0 saturated carbocycles. The zero-order chi connectivity index (χ0) is 17.1. The highest BCUT2D eigenvalue weighted by Gasteiger charge is 2.28. The zero-order valence-corrected chi connectivity index (χ0v) is 16.3. The van der Waals surface area contributed by atoms with Gasteiger partial charge in [-0.25, -0.2) is 4.79 Å². The molecule has 21 heavy (non-hydrogen) atoms. The van der Waals surface area contributed by atoms with Crippen molar-refractivity contribution in [2.24, 2.45) is 0 Å². The molecule has 0 aromatic heterocycles. The van der Waals surface area contributed by atoms with Crippen LogP contribution in [-0.2, 0) is 13.6 Å². The van der Waals surface area contributed by atoms with E-state index in [1.54, 1.807) is 0 Å². The second-order valence-electron chi connectivity index (χ2n) is 6.39. The van der Waals surface area contributed by atoms with E-state index < -0.39 is 35.3 Å². The molecule has 1 unspecified atom stereocenters. The van der Waals surface area contributed by atoms with Crippen LogP contribution in [0.4, 0.5) is 0 Å². The summed E-state index contributed by atoms with van der Waals surface area (Å²) >= 11 is 0. The number of carbonyl (C=O) groups excluding carboxylic acids is 1. The molecule has 1 atom stereocenters. The Hall–Kier alpha value is -0.476. The van der Waals surface area contributed by atoms with Crippen molar-refractivity contribution < 1.29 is 23.9 Å². The van der Waals surface area contributed by atoms with E-state index in [0.717, 1.165) is 6.08 Å². The topological polar surface area (TPSA) is 76.0 Å². The van der Waals surface area contributed by atoms with Crippen LogP contribution in [0.15, 0.2) is 12.7 Å². The first-order valence-corrected chi connectivity index (χ1v) is 13.8. The number of aliphatic hydroxyl groups is 2. The summed E-state index contributed by atoms with van der Waals surface area (Å²) < 4.78 is 10.5. The number of ether oxygens (including phenoxy) is 1. The Balaban J connectivity index is 0.